The third kappa shape index (κ3) is 4.54. The van der Waals surface area contributed by atoms with Crippen LogP contribution in [0.4, 0.5) is 5.69 Å². The first-order chi connectivity index (χ1) is 12.6. The fourth-order valence-corrected chi connectivity index (χ4v) is 2.52. The molecule has 0 fully saturated rings. The second-order valence-corrected chi connectivity index (χ2v) is 5.78. The summed E-state index contributed by atoms with van der Waals surface area (Å²) in [5.41, 5.74) is 2.51. The van der Waals surface area contributed by atoms with Gasteiger partial charge in [0.25, 0.3) is 0 Å². The molecule has 7 nitrogen and oxygen atoms in total. The van der Waals surface area contributed by atoms with Crippen LogP contribution >= 0.6 is 0 Å². The van der Waals surface area contributed by atoms with Crippen LogP contribution in [-0.4, -0.2) is 26.6 Å². The van der Waals surface area contributed by atoms with Crippen molar-refractivity contribution in [1.29, 1.82) is 0 Å². The number of benzene rings is 2. The van der Waals surface area contributed by atoms with Crippen molar-refractivity contribution in [1.82, 2.24) is 20.1 Å². The molecule has 2 N–H and O–H groups in total. The van der Waals surface area contributed by atoms with E-state index in [1.807, 2.05) is 47.0 Å². The molecule has 3 rings (SSSR count). The van der Waals surface area contributed by atoms with E-state index in [2.05, 4.69) is 20.8 Å². The van der Waals surface area contributed by atoms with E-state index in [-0.39, 0.29) is 24.8 Å². The number of nitrogens with one attached hydrogen (secondary N) is 2. The number of rotatable bonds is 6. The summed E-state index contributed by atoms with van der Waals surface area (Å²) in [6, 6.07) is 16.9. The zero-order chi connectivity index (χ0) is 18.4. The molecule has 2 aromatic carbocycles. The second kappa shape index (κ2) is 8.06. The van der Waals surface area contributed by atoms with Crippen LogP contribution in [0.5, 0.6) is 0 Å². The van der Waals surface area contributed by atoms with E-state index in [1.54, 1.807) is 18.5 Å². The molecular formula is C19H19N5O2. The largest absolute Gasteiger partial charge is 0.348 e. The van der Waals surface area contributed by atoms with Crippen LogP contribution in [-0.2, 0) is 22.6 Å². The van der Waals surface area contributed by atoms with Gasteiger partial charge in [0.15, 0.2) is 5.82 Å². The first-order valence-electron chi connectivity index (χ1n) is 8.19. The minimum absolute atomic E-state index is 0.111. The summed E-state index contributed by atoms with van der Waals surface area (Å²) in [5, 5.41) is 13.5. The van der Waals surface area contributed by atoms with Crippen LogP contribution in [0.2, 0.25) is 0 Å². The van der Waals surface area contributed by atoms with Gasteiger partial charge in [-0.05, 0) is 29.8 Å². The summed E-state index contributed by atoms with van der Waals surface area (Å²) < 4.78 is 1.84. The first kappa shape index (κ1) is 17.3. The third-order valence-corrected chi connectivity index (χ3v) is 3.74. The van der Waals surface area contributed by atoms with Crippen molar-refractivity contribution in [3.63, 3.8) is 0 Å². The molecule has 0 aliphatic rings. The Balaban J connectivity index is 1.57. The Bertz CT molecular complexity index is 888. The van der Waals surface area contributed by atoms with Crippen molar-refractivity contribution in [2.45, 2.75) is 19.9 Å². The molecule has 0 unspecified atom stereocenters. The van der Waals surface area contributed by atoms with Crippen molar-refractivity contribution in [2.24, 2.45) is 0 Å². The highest BCUT2D eigenvalue weighted by molar-refractivity contribution is 5.88. The van der Waals surface area contributed by atoms with Crippen molar-refractivity contribution in [3.05, 3.63) is 72.3 Å². The number of carbonyl (C=O) groups excluding carboxylic acids is 2. The monoisotopic (exact) mass is 349 g/mol. The Kier molecular flexibility index (Phi) is 5.38. The van der Waals surface area contributed by atoms with Crippen LogP contribution in [0.25, 0.3) is 5.69 Å². The van der Waals surface area contributed by atoms with Gasteiger partial charge in [-0.2, -0.15) is 0 Å². The minimum Gasteiger partial charge on any atom is -0.348 e. The number of nitrogens with zero attached hydrogens (tertiary/aromatic N) is 3. The van der Waals surface area contributed by atoms with Crippen LogP contribution in [0.1, 0.15) is 18.3 Å². The molecule has 0 saturated carbocycles. The van der Waals surface area contributed by atoms with Crippen molar-refractivity contribution < 1.29 is 9.59 Å². The summed E-state index contributed by atoms with van der Waals surface area (Å²) in [7, 11) is 0. The van der Waals surface area contributed by atoms with Gasteiger partial charge < -0.3 is 10.6 Å². The van der Waals surface area contributed by atoms with Gasteiger partial charge in [-0.1, -0.05) is 30.3 Å². The topological polar surface area (TPSA) is 88.9 Å². The summed E-state index contributed by atoms with van der Waals surface area (Å²) >= 11 is 0. The van der Waals surface area contributed by atoms with Crippen molar-refractivity contribution in [2.75, 3.05) is 5.32 Å². The van der Waals surface area contributed by atoms with E-state index >= 15 is 0 Å². The average Bonchev–Trinajstić information content (AvgIpc) is 3.11. The van der Waals surface area contributed by atoms with Gasteiger partial charge in [0.1, 0.15) is 6.33 Å². The highest BCUT2D eigenvalue weighted by Crippen LogP contribution is 2.11. The summed E-state index contributed by atoms with van der Waals surface area (Å²) in [6.07, 6.45) is 1.87. The molecule has 0 aliphatic heterocycles. The molecule has 0 radical (unpaired) electrons. The average molecular weight is 349 g/mol. The number of hydrogen-bond acceptors (Lipinski definition) is 4. The van der Waals surface area contributed by atoms with Crippen molar-refractivity contribution in [3.8, 4) is 5.69 Å². The maximum Gasteiger partial charge on any atom is 0.224 e. The maximum absolute atomic E-state index is 12.2. The minimum atomic E-state index is -0.127. The van der Waals surface area contributed by atoms with Gasteiger partial charge in [0, 0.05) is 18.3 Å². The Morgan fingerprint density at radius 2 is 1.77 bits per heavy atom. The molecule has 7 heteroatoms. The normalized spacial score (nSPS) is 10.3. The number of hydrogen-bond donors (Lipinski definition) is 2. The fourth-order valence-electron chi connectivity index (χ4n) is 2.52. The highest BCUT2D eigenvalue weighted by atomic mass is 16.2. The Morgan fingerprint density at radius 1 is 1.04 bits per heavy atom. The second-order valence-electron chi connectivity index (χ2n) is 5.78. The van der Waals surface area contributed by atoms with Gasteiger partial charge >= 0.3 is 0 Å². The van der Waals surface area contributed by atoms with Gasteiger partial charge in [-0.15, -0.1) is 10.2 Å². The van der Waals surface area contributed by atoms with E-state index < -0.39 is 0 Å². The lowest BCUT2D eigenvalue weighted by Crippen LogP contribution is -2.26. The molecule has 26 heavy (non-hydrogen) atoms. The number of aromatic nitrogens is 3. The lowest BCUT2D eigenvalue weighted by molar-refractivity contribution is -0.120. The quantitative estimate of drug-likeness (QED) is 0.713. The zero-order valence-electron chi connectivity index (χ0n) is 14.3. The maximum atomic E-state index is 12.2. The number of anilines is 1. The Morgan fingerprint density at radius 3 is 2.46 bits per heavy atom. The molecule has 2 amide bonds. The predicted octanol–water partition coefficient (Wildman–Crippen LogP) is 2.08. The van der Waals surface area contributed by atoms with E-state index in [4.69, 9.17) is 0 Å². The van der Waals surface area contributed by atoms with Gasteiger partial charge in [-0.3, -0.25) is 14.2 Å². The highest BCUT2D eigenvalue weighted by Gasteiger charge is 2.09. The molecule has 0 aliphatic carbocycles. The number of carbonyl (C=O) groups is 2. The predicted molar refractivity (Wildman–Crippen MR) is 97.7 cm³/mol. The molecule has 3 aromatic rings. The van der Waals surface area contributed by atoms with Crippen LogP contribution in [0, 0.1) is 0 Å². The number of para-hydroxylation sites is 1. The van der Waals surface area contributed by atoms with E-state index in [0.717, 1.165) is 11.3 Å². The summed E-state index contributed by atoms with van der Waals surface area (Å²) in [6.45, 7) is 1.74. The molecule has 0 bridgehead atoms. The van der Waals surface area contributed by atoms with E-state index in [1.165, 1.54) is 6.92 Å². The third-order valence-electron chi connectivity index (χ3n) is 3.74. The lowest BCUT2D eigenvalue weighted by atomic mass is 10.1. The molecule has 1 heterocycles. The summed E-state index contributed by atoms with van der Waals surface area (Å²) in [5.74, 6) is 0.420. The zero-order valence-corrected chi connectivity index (χ0v) is 14.3. The van der Waals surface area contributed by atoms with Crippen LogP contribution in [0.15, 0.2) is 60.9 Å². The molecule has 0 saturated heterocycles. The van der Waals surface area contributed by atoms with E-state index in [0.29, 0.717) is 11.5 Å². The number of amides is 2. The van der Waals surface area contributed by atoms with Gasteiger partial charge in [0.2, 0.25) is 11.8 Å². The molecule has 1 aromatic heterocycles. The standard InChI is InChI=1S/C19H19N5O2/c1-14(25)22-16-9-7-15(8-10-16)11-19(26)20-12-18-23-21-13-24(18)17-5-3-2-4-6-17/h2-10,13H,11-12H2,1H3,(H,20,26)(H,22,25). The lowest BCUT2D eigenvalue weighted by Gasteiger charge is -2.08. The Hall–Kier alpha value is -3.48. The molecular weight excluding hydrogens is 330 g/mol. The smallest absolute Gasteiger partial charge is 0.224 e. The molecule has 0 atom stereocenters. The van der Waals surface area contributed by atoms with E-state index in [9.17, 15) is 9.59 Å². The van der Waals surface area contributed by atoms with Gasteiger partial charge in [0.05, 0.1) is 13.0 Å². The fraction of sp³-hybridized carbons (Fsp3) is 0.158. The van der Waals surface area contributed by atoms with Crippen LogP contribution < -0.4 is 10.6 Å². The van der Waals surface area contributed by atoms with Gasteiger partial charge in [-0.25, -0.2) is 0 Å². The Labute approximate surface area is 151 Å². The summed E-state index contributed by atoms with van der Waals surface area (Å²) in [4.78, 5) is 23.2. The first-order valence-corrected chi connectivity index (χ1v) is 8.19. The molecule has 132 valence electrons. The van der Waals surface area contributed by atoms with Crippen molar-refractivity contribution >= 4 is 17.5 Å². The molecule has 0 spiro atoms. The SMILES string of the molecule is CC(=O)Nc1ccc(CC(=O)NCc2nncn2-c2ccccc2)cc1. The van der Waals surface area contributed by atoms with Crippen LogP contribution in [0.3, 0.4) is 0 Å².